The summed E-state index contributed by atoms with van der Waals surface area (Å²) in [6, 6.07) is 2.41. The Kier molecular flexibility index (Phi) is 4.40. The predicted octanol–water partition coefficient (Wildman–Crippen LogP) is 2.15. The molecule has 0 saturated heterocycles. The van der Waals surface area contributed by atoms with Crippen LogP contribution in [-0.2, 0) is 0 Å². The minimum absolute atomic E-state index is 0.377. The number of pyridine rings is 1. The van der Waals surface area contributed by atoms with Gasteiger partial charge < -0.3 is 10.1 Å². The molecule has 0 aliphatic heterocycles. The molecular weight excluding hydrogens is 176 g/mol. The summed E-state index contributed by atoms with van der Waals surface area (Å²) in [5.41, 5.74) is 1.19. The summed E-state index contributed by atoms with van der Waals surface area (Å²) in [6.07, 6.45) is 5.88. The molecule has 0 radical (unpaired) electrons. The molecule has 0 aromatic carbocycles. The maximum atomic E-state index is 5.14. The fourth-order valence-electron chi connectivity index (χ4n) is 1.50. The normalized spacial score (nSPS) is 12.5. The van der Waals surface area contributed by atoms with Gasteiger partial charge >= 0.3 is 0 Å². The Bertz CT molecular complexity index is 276. The van der Waals surface area contributed by atoms with Crippen LogP contribution >= 0.6 is 0 Å². The van der Waals surface area contributed by atoms with Crippen molar-refractivity contribution >= 4 is 0 Å². The number of nitrogens with zero attached hydrogens (tertiary/aromatic N) is 1. The van der Waals surface area contributed by atoms with E-state index in [0.717, 1.165) is 18.6 Å². The zero-order valence-corrected chi connectivity index (χ0v) is 9.08. The average molecular weight is 194 g/mol. The van der Waals surface area contributed by atoms with E-state index in [0.29, 0.717) is 6.04 Å². The minimum Gasteiger partial charge on any atom is -0.495 e. The van der Waals surface area contributed by atoms with Crippen molar-refractivity contribution in [3.8, 4) is 5.75 Å². The van der Waals surface area contributed by atoms with Crippen molar-refractivity contribution in [1.82, 2.24) is 10.3 Å². The molecule has 3 nitrogen and oxygen atoms in total. The van der Waals surface area contributed by atoms with E-state index in [1.807, 2.05) is 19.3 Å². The first kappa shape index (κ1) is 11.0. The summed E-state index contributed by atoms with van der Waals surface area (Å²) in [6.45, 7) is 2.18. The standard InChI is InChI=1S/C11H18N2O/c1-4-5-11(12-2)9-6-10(14-3)8-13-7-9/h6-8,11-12H,4-5H2,1-3H3. The van der Waals surface area contributed by atoms with Crippen LogP contribution in [0.2, 0.25) is 0 Å². The van der Waals surface area contributed by atoms with Gasteiger partial charge in [-0.15, -0.1) is 0 Å². The van der Waals surface area contributed by atoms with E-state index in [-0.39, 0.29) is 0 Å². The van der Waals surface area contributed by atoms with Crippen LogP contribution in [0.1, 0.15) is 31.4 Å². The van der Waals surface area contributed by atoms with E-state index in [1.165, 1.54) is 5.56 Å². The molecule has 0 fully saturated rings. The van der Waals surface area contributed by atoms with Gasteiger partial charge in [-0.25, -0.2) is 0 Å². The molecule has 0 bridgehead atoms. The summed E-state index contributed by atoms with van der Waals surface area (Å²) < 4.78 is 5.14. The predicted molar refractivity (Wildman–Crippen MR) is 57.5 cm³/mol. The van der Waals surface area contributed by atoms with Crippen molar-refractivity contribution in [3.05, 3.63) is 24.0 Å². The molecule has 0 amide bonds. The largest absolute Gasteiger partial charge is 0.495 e. The Morgan fingerprint density at radius 1 is 1.50 bits per heavy atom. The Balaban J connectivity index is 2.80. The molecule has 1 aromatic rings. The third-order valence-corrected chi connectivity index (χ3v) is 2.30. The Hall–Kier alpha value is -1.09. The topological polar surface area (TPSA) is 34.2 Å². The Morgan fingerprint density at radius 3 is 2.86 bits per heavy atom. The molecule has 0 aliphatic rings. The number of rotatable bonds is 5. The highest BCUT2D eigenvalue weighted by molar-refractivity contribution is 5.25. The van der Waals surface area contributed by atoms with Crippen molar-refractivity contribution in [2.75, 3.05) is 14.2 Å². The van der Waals surface area contributed by atoms with E-state index in [4.69, 9.17) is 4.74 Å². The first-order valence-electron chi connectivity index (χ1n) is 4.98. The van der Waals surface area contributed by atoms with E-state index < -0.39 is 0 Å². The van der Waals surface area contributed by atoms with Gasteiger partial charge in [0.15, 0.2) is 0 Å². The number of hydrogen-bond acceptors (Lipinski definition) is 3. The maximum absolute atomic E-state index is 5.14. The molecule has 0 aliphatic carbocycles. The first-order chi connectivity index (χ1) is 6.81. The average Bonchev–Trinajstić information content (AvgIpc) is 2.26. The molecule has 0 saturated carbocycles. The second-order valence-corrected chi connectivity index (χ2v) is 3.29. The number of hydrogen-bond donors (Lipinski definition) is 1. The van der Waals surface area contributed by atoms with Gasteiger partial charge in [0, 0.05) is 12.2 Å². The molecule has 1 aromatic heterocycles. The van der Waals surface area contributed by atoms with Crippen LogP contribution in [0.25, 0.3) is 0 Å². The number of ether oxygens (including phenoxy) is 1. The van der Waals surface area contributed by atoms with Crippen LogP contribution in [0.15, 0.2) is 18.5 Å². The lowest BCUT2D eigenvalue weighted by Crippen LogP contribution is -2.16. The van der Waals surface area contributed by atoms with E-state index in [1.54, 1.807) is 13.3 Å². The van der Waals surface area contributed by atoms with Crippen molar-refractivity contribution < 1.29 is 4.74 Å². The van der Waals surface area contributed by atoms with Gasteiger partial charge in [0.05, 0.1) is 13.3 Å². The van der Waals surface area contributed by atoms with Crippen LogP contribution in [0.5, 0.6) is 5.75 Å². The Labute approximate surface area is 85.5 Å². The van der Waals surface area contributed by atoms with Crippen molar-refractivity contribution in [2.24, 2.45) is 0 Å². The highest BCUT2D eigenvalue weighted by Crippen LogP contribution is 2.20. The highest BCUT2D eigenvalue weighted by atomic mass is 16.5. The highest BCUT2D eigenvalue weighted by Gasteiger charge is 2.08. The fourth-order valence-corrected chi connectivity index (χ4v) is 1.50. The number of methoxy groups -OCH3 is 1. The van der Waals surface area contributed by atoms with Crippen LogP contribution in [-0.4, -0.2) is 19.1 Å². The lowest BCUT2D eigenvalue weighted by Gasteiger charge is -2.15. The molecule has 1 rings (SSSR count). The van der Waals surface area contributed by atoms with Gasteiger partial charge in [-0.2, -0.15) is 0 Å². The molecular formula is C11H18N2O. The maximum Gasteiger partial charge on any atom is 0.137 e. The zero-order chi connectivity index (χ0) is 10.4. The zero-order valence-electron chi connectivity index (χ0n) is 9.08. The molecule has 3 heteroatoms. The summed E-state index contributed by atoms with van der Waals surface area (Å²) in [5, 5.41) is 3.28. The van der Waals surface area contributed by atoms with Gasteiger partial charge in [0.25, 0.3) is 0 Å². The molecule has 1 unspecified atom stereocenters. The van der Waals surface area contributed by atoms with Crippen LogP contribution in [0.3, 0.4) is 0 Å². The summed E-state index contributed by atoms with van der Waals surface area (Å²) >= 11 is 0. The summed E-state index contributed by atoms with van der Waals surface area (Å²) in [7, 11) is 3.63. The van der Waals surface area contributed by atoms with Gasteiger partial charge in [0.1, 0.15) is 5.75 Å². The third kappa shape index (κ3) is 2.70. The Morgan fingerprint density at radius 2 is 2.29 bits per heavy atom. The second-order valence-electron chi connectivity index (χ2n) is 3.29. The monoisotopic (exact) mass is 194 g/mol. The van der Waals surface area contributed by atoms with Gasteiger partial charge in [0.2, 0.25) is 0 Å². The number of nitrogens with one attached hydrogen (secondary N) is 1. The van der Waals surface area contributed by atoms with Crippen molar-refractivity contribution in [2.45, 2.75) is 25.8 Å². The van der Waals surface area contributed by atoms with E-state index in [2.05, 4.69) is 17.2 Å². The van der Waals surface area contributed by atoms with Crippen LogP contribution in [0.4, 0.5) is 0 Å². The van der Waals surface area contributed by atoms with Crippen molar-refractivity contribution in [1.29, 1.82) is 0 Å². The SMILES string of the molecule is CCCC(NC)c1cncc(OC)c1. The lowest BCUT2D eigenvalue weighted by molar-refractivity contribution is 0.410. The fraction of sp³-hybridized carbons (Fsp3) is 0.545. The second kappa shape index (κ2) is 5.60. The van der Waals surface area contributed by atoms with E-state index in [9.17, 15) is 0 Å². The summed E-state index contributed by atoms with van der Waals surface area (Å²) in [4.78, 5) is 4.14. The lowest BCUT2D eigenvalue weighted by atomic mass is 10.0. The van der Waals surface area contributed by atoms with Gasteiger partial charge in [-0.3, -0.25) is 4.98 Å². The van der Waals surface area contributed by atoms with Crippen LogP contribution in [0, 0.1) is 0 Å². The van der Waals surface area contributed by atoms with Crippen molar-refractivity contribution in [3.63, 3.8) is 0 Å². The van der Waals surface area contributed by atoms with Crippen LogP contribution < -0.4 is 10.1 Å². The van der Waals surface area contributed by atoms with Gasteiger partial charge in [-0.1, -0.05) is 13.3 Å². The molecule has 1 heterocycles. The van der Waals surface area contributed by atoms with E-state index >= 15 is 0 Å². The minimum atomic E-state index is 0.377. The molecule has 1 atom stereocenters. The van der Waals surface area contributed by atoms with Gasteiger partial charge in [-0.05, 0) is 25.1 Å². The smallest absolute Gasteiger partial charge is 0.137 e. The molecule has 14 heavy (non-hydrogen) atoms. The summed E-state index contributed by atoms with van der Waals surface area (Å²) in [5.74, 6) is 0.818. The number of aromatic nitrogens is 1. The molecule has 78 valence electrons. The molecule has 1 N–H and O–H groups in total. The first-order valence-corrected chi connectivity index (χ1v) is 4.98. The quantitative estimate of drug-likeness (QED) is 0.780. The molecule has 0 spiro atoms. The third-order valence-electron chi connectivity index (χ3n) is 2.30.